The van der Waals surface area contributed by atoms with E-state index < -0.39 is 12.2 Å². The monoisotopic (exact) mass is 221 g/mol. The van der Waals surface area contributed by atoms with E-state index >= 15 is 0 Å². The molecule has 1 amide bonds. The van der Waals surface area contributed by atoms with E-state index in [2.05, 4.69) is 15.9 Å². The summed E-state index contributed by atoms with van der Waals surface area (Å²) in [5, 5.41) is 17.7. The number of carboxylic acid groups (broad SMARTS) is 1. The van der Waals surface area contributed by atoms with E-state index in [1.54, 1.807) is 6.08 Å². The van der Waals surface area contributed by atoms with Crippen molar-refractivity contribution in [2.24, 2.45) is 0 Å². The number of aliphatic hydroxyl groups excluding tert-OH is 1. The Balaban J connectivity index is 2.62. The Morgan fingerprint density at radius 3 is 2.91 bits per heavy atom. The Labute approximate surface area is 72.2 Å². The Morgan fingerprint density at radius 1 is 1.82 bits per heavy atom. The number of aliphatic hydroxyl groups is 1. The van der Waals surface area contributed by atoms with E-state index in [0.717, 1.165) is 4.90 Å². The normalized spacial score (nSPS) is 24.7. The molecule has 1 aliphatic rings. The number of carbonyl (C=O) groups is 1. The third kappa shape index (κ3) is 1.94. The molecular weight excluding hydrogens is 214 g/mol. The van der Waals surface area contributed by atoms with Crippen LogP contribution in [0.15, 0.2) is 10.6 Å². The number of nitrogens with zero attached hydrogens (tertiary/aromatic N) is 1. The highest BCUT2D eigenvalue weighted by atomic mass is 79.9. The quantitative estimate of drug-likeness (QED) is 0.631. The summed E-state index contributed by atoms with van der Waals surface area (Å²) in [4.78, 5) is 11.5. The van der Waals surface area contributed by atoms with Crippen molar-refractivity contribution in [3.8, 4) is 0 Å². The summed E-state index contributed by atoms with van der Waals surface area (Å²) in [5.41, 5.74) is 0. The second-order valence-corrected chi connectivity index (χ2v) is 3.21. The van der Waals surface area contributed by atoms with E-state index in [0.29, 0.717) is 11.0 Å². The Kier molecular flexibility index (Phi) is 2.51. The number of rotatable bonds is 0. The molecule has 2 N–H and O–H groups in total. The first-order valence-corrected chi connectivity index (χ1v) is 3.92. The van der Waals surface area contributed by atoms with Gasteiger partial charge in [-0.05, 0) is 0 Å². The van der Waals surface area contributed by atoms with Crippen LogP contribution in [0.3, 0.4) is 0 Å². The van der Waals surface area contributed by atoms with Crippen molar-refractivity contribution < 1.29 is 15.0 Å². The topological polar surface area (TPSA) is 60.8 Å². The average Bonchev–Trinajstić information content (AvgIpc) is 1.94. The lowest BCUT2D eigenvalue weighted by atomic mass is 10.2. The average molecular weight is 222 g/mol. The SMILES string of the molecule is O=C(O)N1CC=C(Br)[C@@H](O)C1. The highest BCUT2D eigenvalue weighted by Gasteiger charge is 2.21. The van der Waals surface area contributed by atoms with Gasteiger partial charge in [-0.2, -0.15) is 0 Å². The molecule has 0 unspecified atom stereocenters. The van der Waals surface area contributed by atoms with Crippen LogP contribution in [0.25, 0.3) is 0 Å². The summed E-state index contributed by atoms with van der Waals surface area (Å²) in [6, 6.07) is 0. The van der Waals surface area contributed by atoms with Crippen molar-refractivity contribution in [2.45, 2.75) is 6.10 Å². The van der Waals surface area contributed by atoms with Crippen molar-refractivity contribution in [3.63, 3.8) is 0 Å². The Morgan fingerprint density at radius 2 is 2.45 bits per heavy atom. The summed E-state index contributed by atoms with van der Waals surface area (Å²) in [6.07, 6.45) is -0.0670. The van der Waals surface area contributed by atoms with Crippen LogP contribution >= 0.6 is 15.9 Å². The molecule has 62 valence electrons. The molecule has 0 radical (unpaired) electrons. The molecule has 0 spiro atoms. The van der Waals surface area contributed by atoms with Gasteiger partial charge in [0.1, 0.15) is 6.10 Å². The van der Waals surface area contributed by atoms with Crippen LogP contribution in [0.2, 0.25) is 0 Å². The van der Waals surface area contributed by atoms with Crippen LogP contribution < -0.4 is 0 Å². The highest BCUT2D eigenvalue weighted by molar-refractivity contribution is 9.11. The van der Waals surface area contributed by atoms with Gasteiger partial charge in [-0.1, -0.05) is 22.0 Å². The summed E-state index contributed by atoms with van der Waals surface area (Å²) >= 11 is 3.12. The first kappa shape index (κ1) is 8.55. The molecule has 5 heteroatoms. The number of hydrogen-bond donors (Lipinski definition) is 2. The summed E-state index contributed by atoms with van der Waals surface area (Å²) in [5.74, 6) is 0. The lowest BCUT2D eigenvalue weighted by molar-refractivity contribution is 0.113. The minimum absolute atomic E-state index is 0.145. The largest absolute Gasteiger partial charge is 0.465 e. The number of hydrogen-bond acceptors (Lipinski definition) is 2. The van der Waals surface area contributed by atoms with Crippen LogP contribution in [0, 0.1) is 0 Å². The predicted octanol–water partition coefficient (Wildman–Crippen LogP) is 0.620. The number of amides is 1. The van der Waals surface area contributed by atoms with E-state index in [1.165, 1.54) is 0 Å². The van der Waals surface area contributed by atoms with Gasteiger partial charge in [0.25, 0.3) is 0 Å². The van der Waals surface area contributed by atoms with Crippen molar-refractivity contribution in [1.82, 2.24) is 4.90 Å². The van der Waals surface area contributed by atoms with Crippen LogP contribution in [0.1, 0.15) is 0 Å². The highest BCUT2D eigenvalue weighted by Crippen LogP contribution is 2.16. The molecule has 1 heterocycles. The van der Waals surface area contributed by atoms with E-state index in [4.69, 9.17) is 5.11 Å². The first-order valence-electron chi connectivity index (χ1n) is 3.12. The zero-order valence-corrected chi connectivity index (χ0v) is 7.28. The zero-order chi connectivity index (χ0) is 8.43. The van der Waals surface area contributed by atoms with Gasteiger partial charge in [0, 0.05) is 11.0 Å². The molecule has 11 heavy (non-hydrogen) atoms. The van der Waals surface area contributed by atoms with Crippen molar-refractivity contribution in [3.05, 3.63) is 10.6 Å². The van der Waals surface area contributed by atoms with E-state index in [1.807, 2.05) is 0 Å². The molecule has 0 aromatic heterocycles. The second-order valence-electron chi connectivity index (χ2n) is 2.29. The Bertz CT molecular complexity index is 204. The molecule has 4 nitrogen and oxygen atoms in total. The molecule has 1 aliphatic heterocycles. The van der Waals surface area contributed by atoms with Crippen molar-refractivity contribution in [1.29, 1.82) is 0 Å². The maximum atomic E-state index is 10.4. The maximum absolute atomic E-state index is 10.4. The molecule has 0 fully saturated rings. The molecule has 0 aromatic carbocycles. The van der Waals surface area contributed by atoms with Gasteiger partial charge in [-0.25, -0.2) is 4.79 Å². The van der Waals surface area contributed by atoms with Gasteiger partial charge in [-0.15, -0.1) is 0 Å². The van der Waals surface area contributed by atoms with Gasteiger partial charge in [-0.3, -0.25) is 0 Å². The third-order valence-corrected chi connectivity index (χ3v) is 2.34. The molecule has 0 aliphatic carbocycles. The van der Waals surface area contributed by atoms with Gasteiger partial charge in [0.05, 0.1) is 6.54 Å². The standard InChI is InChI=1S/C6H8BrNO3/c7-4-1-2-8(6(10)11)3-5(4)9/h1,5,9H,2-3H2,(H,10,11)/t5-/m0/s1. The molecule has 0 saturated heterocycles. The molecule has 0 bridgehead atoms. The van der Waals surface area contributed by atoms with Crippen molar-refractivity contribution >= 4 is 22.0 Å². The van der Waals surface area contributed by atoms with Crippen molar-refractivity contribution in [2.75, 3.05) is 13.1 Å². The minimum atomic E-state index is -1.000. The smallest absolute Gasteiger partial charge is 0.407 e. The molecule has 1 atom stereocenters. The number of halogens is 1. The van der Waals surface area contributed by atoms with Gasteiger partial charge >= 0.3 is 6.09 Å². The number of β-amino-alcohol motifs (C(OH)–C–C–N with tert-alkyl or cyclic N) is 1. The van der Waals surface area contributed by atoms with Gasteiger partial charge in [0.15, 0.2) is 0 Å². The first-order chi connectivity index (χ1) is 5.11. The zero-order valence-electron chi connectivity index (χ0n) is 5.70. The van der Waals surface area contributed by atoms with E-state index in [-0.39, 0.29) is 6.54 Å². The lowest BCUT2D eigenvalue weighted by Crippen LogP contribution is -2.39. The fourth-order valence-electron chi connectivity index (χ4n) is 0.860. The summed E-state index contributed by atoms with van der Waals surface area (Å²) in [7, 11) is 0. The maximum Gasteiger partial charge on any atom is 0.407 e. The Hall–Kier alpha value is -0.550. The van der Waals surface area contributed by atoms with Gasteiger partial charge < -0.3 is 15.1 Å². The third-order valence-electron chi connectivity index (χ3n) is 1.49. The lowest BCUT2D eigenvalue weighted by Gasteiger charge is -2.25. The minimum Gasteiger partial charge on any atom is -0.465 e. The van der Waals surface area contributed by atoms with E-state index in [9.17, 15) is 9.90 Å². The predicted molar refractivity (Wildman–Crippen MR) is 42.6 cm³/mol. The molecular formula is C6H8BrNO3. The molecule has 0 aromatic rings. The van der Waals surface area contributed by atoms with Crippen LogP contribution in [-0.2, 0) is 0 Å². The van der Waals surface area contributed by atoms with Gasteiger partial charge in [0.2, 0.25) is 0 Å². The fraction of sp³-hybridized carbons (Fsp3) is 0.500. The summed E-state index contributed by atoms with van der Waals surface area (Å²) in [6.45, 7) is 0.486. The van der Waals surface area contributed by atoms with Crippen LogP contribution in [-0.4, -0.2) is 40.4 Å². The fourth-order valence-corrected chi connectivity index (χ4v) is 1.15. The van der Waals surface area contributed by atoms with Crippen LogP contribution in [0.5, 0.6) is 0 Å². The molecule has 0 saturated carbocycles. The second kappa shape index (κ2) is 3.23. The molecule has 1 rings (SSSR count). The summed E-state index contributed by atoms with van der Waals surface area (Å²) < 4.78 is 0.662. The van der Waals surface area contributed by atoms with Crippen LogP contribution in [0.4, 0.5) is 4.79 Å².